The number of carbonyl (C=O) groups excluding carboxylic acids is 2. The van der Waals surface area contributed by atoms with E-state index in [-0.39, 0.29) is 17.7 Å². The highest BCUT2D eigenvalue weighted by atomic mass is 16.2. The highest BCUT2D eigenvalue weighted by Crippen LogP contribution is 2.30. The van der Waals surface area contributed by atoms with E-state index >= 15 is 0 Å². The molecule has 0 unspecified atom stereocenters. The molecule has 25 heavy (non-hydrogen) atoms. The summed E-state index contributed by atoms with van der Waals surface area (Å²) in [4.78, 5) is 28.8. The molecule has 3 aromatic rings. The van der Waals surface area contributed by atoms with Gasteiger partial charge in [0.05, 0.1) is 11.1 Å². The molecule has 0 atom stereocenters. The second-order valence-corrected chi connectivity index (χ2v) is 6.17. The normalized spacial score (nSPS) is 13.4. The molecule has 0 aliphatic heterocycles. The van der Waals surface area contributed by atoms with Gasteiger partial charge >= 0.3 is 0 Å². The molecule has 1 saturated carbocycles. The number of aromatic nitrogens is 1. The predicted octanol–water partition coefficient (Wildman–Crippen LogP) is 3.84. The summed E-state index contributed by atoms with van der Waals surface area (Å²) in [6, 6.07) is 16.4. The first-order chi connectivity index (χ1) is 12.2. The van der Waals surface area contributed by atoms with E-state index < -0.39 is 0 Å². The van der Waals surface area contributed by atoms with Crippen LogP contribution in [-0.2, 0) is 4.79 Å². The molecule has 1 aromatic heterocycles. The average molecular weight is 331 g/mol. The largest absolute Gasteiger partial charge is 0.326 e. The Bertz CT molecular complexity index is 959. The van der Waals surface area contributed by atoms with E-state index in [1.54, 1.807) is 24.4 Å². The van der Waals surface area contributed by atoms with Gasteiger partial charge < -0.3 is 10.6 Å². The highest BCUT2D eigenvalue weighted by molar-refractivity contribution is 6.12. The number of pyridine rings is 1. The number of para-hydroxylation sites is 1. The lowest BCUT2D eigenvalue weighted by Crippen LogP contribution is -2.15. The van der Waals surface area contributed by atoms with Gasteiger partial charge in [-0.25, -0.2) is 0 Å². The molecule has 1 aliphatic carbocycles. The monoisotopic (exact) mass is 331 g/mol. The molecule has 0 spiro atoms. The van der Waals surface area contributed by atoms with Gasteiger partial charge in [-0.1, -0.05) is 24.3 Å². The Labute approximate surface area is 145 Å². The van der Waals surface area contributed by atoms with Gasteiger partial charge in [-0.05, 0) is 43.2 Å². The van der Waals surface area contributed by atoms with Crippen LogP contribution < -0.4 is 10.6 Å². The van der Waals surface area contributed by atoms with Crippen molar-refractivity contribution in [2.24, 2.45) is 5.92 Å². The third kappa shape index (κ3) is 3.35. The van der Waals surface area contributed by atoms with E-state index in [1.807, 2.05) is 36.4 Å². The minimum atomic E-state index is -0.204. The van der Waals surface area contributed by atoms with E-state index in [0.29, 0.717) is 16.9 Å². The summed E-state index contributed by atoms with van der Waals surface area (Å²) in [5.41, 5.74) is 2.67. The molecule has 2 N–H and O–H groups in total. The Hall–Kier alpha value is -3.21. The van der Waals surface area contributed by atoms with Gasteiger partial charge in [0.2, 0.25) is 5.91 Å². The van der Waals surface area contributed by atoms with Crippen LogP contribution >= 0.6 is 0 Å². The number of hydrogen-bond donors (Lipinski definition) is 2. The third-order valence-electron chi connectivity index (χ3n) is 4.23. The zero-order valence-electron chi connectivity index (χ0n) is 13.5. The Balaban J connectivity index is 1.55. The lowest BCUT2D eigenvalue weighted by molar-refractivity contribution is -0.117. The quantitative estimate of drug-likeness (QED) is 0.763. The number of carbonyl (C=O) groups is 2. The highest BCUT2D eigenvalue weighted by Gasteiger charge is 2.29. The van der Waals surface area contributed by atoms with Crippen molar-refractivity contribution in [1.29, 1.82) is 0 Å². The van der Waals surface area contributed by atoms with E-state index in [4.69, 9.17) is 0 Å². The number of fused-ring (bicyclic) bond motifs is 1. The molecule has 5 heteroatoms. The first kappa shape index (κ1) is 15.3. The molecular weight excluding hydrogens is 314 g/mol. The Morgan fingerprint density at radius 1 is 0.920 bits per heavy atom. The zero-order chi connectivity index (χ0) is 17.2. The van der Waals surface area contributed by atoms with Crippen LogP contribution in [0.5, 0.6) is 0 Å². The van der Waals surface area contributed by atoms with Crippen LogP contribution in [-0.4, -0.2) is 16.8 Å². The topological polar surface area (TPSA) is 71.1 Å². The van der Waals surface area contributed by atoms with Crippen LogP contribution in [0.25, 0.3) is 10.9 Å². The van der Waals surface area contributed by atoms with Crippen molar-refractivity contribution in [1.82, 2.24) is 4.98 Å². The number of nitrogens with one attached hydrogen (secondary N) is 2. The fourth-order valence-electron chi connectivity index (χ4n) is 2.76. The van der Waals surface area contributed by atoms with Crippen LogP contribution in [0.2, 0.25) is 0 Å². The lowest BCUT2D eigenvalue weighted by Gasteiger charge is -2.10. The zero-order valence-corrected chi connectivity index (χ0v) is 13.5. The van der Waals surface area contributed by atoms with Crippen molar-refractivity contribution in [2.45, 2.75) is 12.8 Å². The molecule has 5 nitrogen and oxygen atoms in total. The number of benzene rings is 2. The van der Waals surface area contributed by atoms with Crippen LogP contribution in [0, 0.1) is 5.92 Å². The van der Waals surface area contributed by atoms with Gasteiger partial charge in [0.15, 0.2) is 0 Å². The minimum Gasteiger partial charge on any atom is -0.326 e. The maximum Gasteiger partial charge on any atom is 0.256 e. The van der Waals surface area contributed by atoms with Crippen molar-refractivity contribution < 1.29 is 9.59 Å². The number of rotatable bonds is 4. The maximum absolute atomic E-state index is 12.7. The Morgan fingerprint density at radius 2 is 1.68 bits per heavy atom. The Kier molecular flexibility index (Phi) is 3.90. The number of hydrogen-bond acceptors (Lipinski definition) is 3. The summed E-state index contributed by atoms with van der Waals surface area (Å²) in [5, 5.41) is 6.58. The summed E-state index contributed by atoms with van der Waals surface area (Å²) in [6.45, 7) is 0. The van der Waals surface area contributed by atoms with E-state index in [1.165, 1.54) is 0 Å². The Morgan fingerprint density at radius 3 is 2.48 bits per heavy atom. The second kappa shape index (κ2) is 6.36. The van der Waals surface area contributed by atoms with Crippen LogP contribution in [0.3, 0.4) is 0 Å². The first-order valence-corrected chi connectivity index (χ1v) is 8.27. The molecule has 124 valence electrons. The second-order valence-electron chi connectivity index (χ2n) is 6.17. The number of amides is 2. The van der Waals surface area contributed by atoms with E-state index in [2.05, 4.69) is 15.6 Å². The maximum atomic E-state index is 12.7. The summed E-state index contributed by atoms with van der Waals surface area (Å²) < 4.78 is 0. The molecular formula is C20H17N3O2. The first-order valence-electron chi connectivity index (χ1n) is 8.27. The fraction of sp³-hybridized carbons (Fsp3) is 0.150. The van der Waals surface area contributed by atoms with Crippen molar-refractivity contribution in [2.75, 3.05) is 10.6 Å². The van der Waals surface area contributed by atoms with Crippen molar-refractivity contribution >= 4 is 34.1 Å². The van der Waals surface area contributed by atoms with Gasteiger partial charge in [0.1, 0.15) is 0 Å². The average Bonchev–Trinajstić information content (AvgIpc) is 3.47. The van der Waals surface area contributed by atoms with Gasteiger partial charge in [0.25, 0.3) is 5.91 Å². The summed E-state index contributed by atoms with van der Waals surface area (Å²) in [5.74, 6) is -0.0192. The molecule has 2 amide bonds. The third-order valence-corrected chi connectivity index (χ3v) is 4.23. The van der Waals surface area contributed by atoms with Crippen molar-refractivity contribution in [3.8, 4) is 0 Å². The molecule has 2 aromatic carbocycles. The summed E-state index contributed by atoms with van der Waals surface area (Å²) >= 11 is 0. The van der Waals surface area contributed by atoms with Crippen LogP contribution in [0.15, 0.2) is 60.8 Å². The van der Waals surface area contributed by atoms with Crippen LogP contribution in [0.4, 0.5) is 11.4 Å². The predicted molar refractivity (Wildman–Crippen MR) is 97.5 cm³/mol. The molecule has 4 rings (SSSR count). The van der Waals surface area contributed by atoms with Gasteiger partial charge in [-0.3, -0.25) is 14.6 Å². The smallest absolute Gasteiger partial charge is 0.256 e. The minimum absolute atomic E-state index is 0.0450. The molecule has 1 fully saturated rings. The molecule has 0 bridgehead atoms. The van der Waals surface area contributed by atoms with E-state index in [0.717, 1.165) is 23.7 Å². The SMILES string of the molecule is O=C(Nc1cccc(NC(=O)C2CC2)c1)c1ccnc2ccccc12. The van der Waals surface area contributed by atoms with E-state index in [9.17, 15) is 9.59 Å². The van der Waals surface area contributed by atoms with Gasteiger partial charge in [-0.2, -0.15) is 0 Å². The lowest BCUT2D eigenvalue weighted by atomic mass is 10.1. The summed E-state index contributed by atoms with van der Waals surface area (Å²) in [7, 11) is 0. The molecule has 1 aliphatic rings. The molecule has 0 saturated heterocycles. The van der Waals surface area contributed by atoms with Gasteiger partial charge in [0, 0.05) is 28.9 Å². The van der Waals surface area contributed by atoms with Crippen molar-refractivity contribution in [3.63, 3.8) is 0 Å². The fourth-order valence-corrected chi connectivity index (χ4v) is 2.76. The van der Waals surface area contributed by atoms with Crippen molar-refractivity contribution in [3.05, 3.63) is 66.4 Å². The summed E-state index contributed by atoms with van der Waals surface area (Å²) in [6.07, 6.45) is 3.54. The van der Waals surface area contributed by atoms with Gasteiger partial charge in [-0.15, -0.1) is 0 Å². The number of nitrogens with zero attached hydrogens (tertiary/aromatic N) is 1. The molecule has 0 radical (unpaired) electrons. The van der Waals surface area contributed by atoms with Crippen LogP contribution in [0.1, 0.15) is 23.2 Å². The molecule has 1 heterocycles. The number of anilines is 2. The standard InChI is InChI=1S/C20H17N3O2/c24-19(13-8-9-13)22-14-4-3-5-15(12-14)23-20(25)17-10-11-21-18-7-2-1-6-16(17)18/h1-7,10-13H,8-9H2,(H,22,24)(H,23,25).